The molecule has 1 heterocycles. The molecule has 108 valence electrons. The molecule has 0 amide bonds. The van der Waals surface area contributed by atoms with Gasteiger partial charge in [0, 0.05) is 7.05 Å². The van der Waals surface area contributed by atoms with Gasteiger partial charge in [-0.05, 0) is 37.6 Å². The zero-order chi connectivity index (χ0) is 14.9. The molecule has 0 unspecified atom stereocenters. The molecule has 20 heavy (non-hydrogen) atoms. The van der Waals surface area contributed by atoms with E-state index in [4.69, 9.17) is 9.88 Å². The Morgan fingerprint density at radius 3 is 2.55 bits per heavy atom. The second kappa shape index (κ2) is 5.26. The van der Waals surface area contributed by atoms with Gasteiger partial charge < -0.3 is 4.74 Å². The van der Waals surface area contributed by atoms with Gasteiger partial charge in [0.2, 0.25) is 10.0 Å². The zero-order valence-electron chi connectivity index (χ0n) is 11.6. The lowest BCUT2D eigenvalue weighted by Crippen LogP contribution is -2.14. The summed E-state index contributed by atoms with van der Waals surface area (Å²) in [6, 6.07) is 6.76. The normalized spacial score (nSPS) is 11.6. The van der Waals surface area contributed by atoms with Crippen LogP contribution in [0.3, 0.4) is 0 Å². The van der Waals surface area contributed by atoms with Gasteiger partial charge in [-0.3, -0.25) is 4.68 Å². The van der Waals surface area contributed by atoms with Crippen LogP contribution in [0.2, 0.25) is 0 Å². The molecule has 2 aromatic rings. The van der Waals surface area contributed by atoms with Gasteiger partial charge in [0.1, 0.15) is 17.3 Å². The van der Waals surface area contributed by atoms with E-state index in [1.54, 1.807) is 30.8 Å². The molecule has 0 aliphatic carbocycles. The monoisotopic (exact) mass is 295 g/mol. The van der Waals surface area contributed by atoms with Gasteiger partial charge in [0.25, 0.3) is 0 Å². The Balaban J connectivity index is 2.28. The Morgan fingerprint density at radius 2 is 2.00 bits per heavy atom. The van der Waals surface area contributed by atoms with Gasteiger partial charge >= 0.3 is 0 Å². The van der Waals surface area contributed by atoms with E-state index in [-0.39, 0.29) is 17.3 Å². The maximum absolute atomic E-state index is 11.6. The first kappa shape index (κ1) is 14.5. The number of hydrogen-bond donors (Lipinski definition) is 1. The average Bonchev–Trinajstić information content (AvgIpc) is 2.65. The third-order valence-corrected chi connectivity index (χ3v) is 3.81. The summed E-state index contributed by atoms with van der Waals surface area (Å²) in [6.45, 7) is 3.90. The molecule has 2 rings (SSSR count). The highest BCUT2D eigenvalue weighted by molar-refractivity contribution is 7.89. The number of nitrogens with two attached hydrogens (primary N) is 1. The smallest absolute Gasteiger partial charge is 0.241 e. The Kier molecular flexibility index (Phi) is 3.82. The number of ether oxygens (including phenoxy) is 1. The van der Waals surface area contributed by atoms with Gasteiger partial charge in [0.05, 0.1) is 11.4 Å². The average molecular weight is 295 g/mol. The fraction of sp³-hybridized carbons (Fsp3) is 0.308. The molecular weight excluding hydrogens is 278 g/mol. The minimum Gasteiger partial charge on any atom is -0.486 e. The van der Waals surface area contributed by atoms with Crippen LogP contribution in [0.1, 0.15) is 17.0 Å². The summed E-state index contributed by atoms with van der Waals surface area (Å²) in [7, 11) is -2.01. The fourth-order valence-corrected chi connectivity index (χ4v) is 2.67. The quantitative estimate of drug-likeness (QED) is 0.920. The molecule has 0 bridgehead atoms. The molecule has 2 N–H and O–H groups in total. The molecular formula is C13H17N3O3S. The standard InChI is InChI=1S/C13H17N3O3S/c1-9-4-5-12(13(6-9)20(14,17)18)19-8-11-7-10(2)15-16(11)3/h4-7H,8H2,1-3H3,(H2,14,17,18). The predicted molar refractivity (Wildman–Crippen MR) is 74.8 cm³/mol. The molecule has 0 saturated heterocycles. The number of aromatic nitrogens is 2. The summed E-state index contributed by atoms with van der Waals surface area (Å²) < 4.78 is 30.4. The number of aryl methyl sites for hydroxylation is 3. The van der Waals surface area contributed by atoms with Crippen LogP contribution in [-0.2, 0) is 23.7 Å². The molecule has 1 aromatic carbocycles. The van der Waals surface area contributed by atoms with E-state index in [1.807, 2.05) is 13.0 Å². The predicted octanol–water partition coefficient (Wildman–Crippen LogP) is 1.26. The van der Waals surface area contributed by atoms with Gasteiger partial charge in [-0.2, -0.15) is 5.10 Å². The Bertz CT molecular complexity index is 735. The van der Waals surface area contributed by atoms with E-state index in [0.717, 1.165) is 17.0 Å². The first-order valence-electron chi connectivity index (χ1n) is 6.03. The summed E-state index contributed by atoms with van der Waals surface area (Å²) in [5.41, 5.74) is 2.53. The third-order valence-electron chi connectivity index (χ3n) is 2.88. The first-order valence-corrected chi connectivity index (χ1v) is 7.58. The van der Waals surface area contributed by atoms with Crippen LogP contribution in [-0.4, -0.2) is 18.2 Å². The van der Waals surface area contributed by atoms with Crippen LogP contribution >= 0.6 is 0 Å². The second-order valence-corrected chi connectivity index (χ2v) is 6.21. The maximum atomic E-state index is 11.6. The first-order chi connectivity index (χ1) is 9.27. The summed E-state index contributed by atoms with van der Waals surface area (Å²) in [5, 5.41) is 9.41. The van der Waals surface area contributed by atoms with Gasteiger partial charge in [-0.1, -0.05) is 6.07 Å². The largest absolute Gasteiger partial charge is 0.486 e. The molecule has 1 aromatic heterocycles. The summed E-state index contributed by atoms with van der Waals surface area (Å²) in [5.74, 6) is 0.247. The lowest BCUT2D eigenvalue weighted by molar-refractivity contribution is 0.287. The number of primary sulfonamides is 1. The Labute approximate surface area is 118 Å². The zero-order valence-corrected chi connectivity index (χ0v) is 12.4. The van der Waals surface area contributed by atoms with Crippen LogP contribution in [0.15, 0.2) is 29.2 Å². The van der Waals surface area contributed by atoms with E-state index in [1.165, 1.54) is 6.07 Å². The Morgan fingerprint density at radius 1 is 1.30 bits per heavy atom. The minimum absolute atomic E-state index is 0.00334. The van der Waals surface area contributed by atoms with Crippen molar-refractivity contribution in [1.29, 1.82) is 0 Å². The fourth-order valence-electron chi connectivity index (χ4n) is 1.91. The van der Waals surface area contributed by atoms with Gasteiger partial charge in [-0.25, -0.2) is 13.6 Å². The lowest BCUT2D eigenvalue weighted by atomic mass is 10.2. The number of nitrogens with zero attached hydrogens (tertiary/aromatic N) is 2. The number of rotatable bonds is 4. The van der Waals surface area contributed by atoms with Crippen molar-refractivity contribution < 1.29 is 13.2 Å². The molecule has 6 nitrogen and oxygen atoms in total. The Hall–Kier alpha value is -1.86. The van der Waals surface area contributed by atoms with E-state index >= 15 is 0 Å². The molecule has 0 spiro atoms. The van der Waals surface area contributed by atoms with E-state index in [2.05, 4.69) is 5.10 Å². The summed E-state index contributed by atoms with van der Waals surface area (Å²) in [4.78, 5) is -0.00334. The highest BCUT2D eigenvalue weighted by Crippen LogP contribution is 2.24. The highest BCUT2D eigenvalue weighted by Gasteiger charge is 2.16. The van der Waals surface area contributed by atoms with Crippen molar-refractivity contribution in [2.45, 2.75) is 25.3 Å². The molecule has 0 fully saturated rings. The number of sulfonamides is 1. The number of benzene rings is 1. The van der Waals surface area contributed by atoms with Crippen LogP contribution < -0.4 is 9.88 Å². The topological polar surface area (TPSA) is 87.2 Å². The highest BCUT2D eigenvalue weighted by atomic mass is 32.2. The molecule has 0 aliphatic rings. The van der Waals surface area contributed by atoms with Crippen molar-refractivity contribution in [3.05, 3.63) is 41.2 Å². The molecule has 0 atom stereocenters. The molecule has 0 radical (unpaired) electrons. The van der Waals surface area contributed by atoms with Crippen LogP contribution in [0, 0.1) is 13.8 Å². The minimum atomic E-state index is -3.81. The summed E-state index contributed by atoms with van der Waals surface area (Å²) >= 11 is 0. The van der Waals surface area contributed by atoms with Crippen molar-refractivity contribution in [1.82, 2.24) is 9.78 Å². The third kappa shape index (κ3) is 3.17. The molecule has 0 aliphatic heterocycles. The van der Waals surface area contributed by atoms with Crippen LogP contribution in [0.5, 0.6) is 5.75 Å². The maximum Gasteiger partial charge on any atom is 0.241 e. The van der Waals surface area contributed by atoms with Gasteiger partial charge in [0.15, 0.2) is 0 Å². The van der Waals surface area contributed by atoms with Crippen molar-refractivity contribution >= 4 is 10.0 Å². The van der Waals surface area contributed by atoms with Crippen molar-refractivity contribution in [3.63, 3.8) is 0 Å². The van der Waals surface area contributed by atoms with Crippen LogP contribution in [0.4, 0.5) is 0 Å². The van der Waals surface area contributed by atoms with E-state index in [0.29, 0.717) is 0 Å². The second-order valence-electron chi connectivity index (χ2n) is 4.68. The SMILES string of the molecule is Cc1ccc(OCc2cc(C)nn2C)c(S(N)(=O)=O)c1. The number of hydrogen-bond acceptors (Lipinski definition) is 4. The van der Waals surface area contributed by atoms with Gasteiger partial charge in [-0.15, -0.1) is 0 Å². The van der Waals surface area contributed by atoms with E-state index in [9.17, 15) is 8.42 Å². The summed E-state index contributed by atoms with van der Waals surface area (Å²) in [6.07, 6.45) is 0. The van der Waals surface area contributed by atoms with Crippen molar-refractivity contribution in [2.75, 3.05) is 0 Å². The molecule has 0 saturated carbocycles. The molecule has 7 heteroatoms. The van der Waals surface area contributed by atoms with E-state index < -0.39 is 10.0 Å². The van der Waals surface area contributed by atoms with Crippen molar-refractivity contribution in [2.24, 2.45) is 12.2 Å². The van der Waals surface area contributed by atoms with Crippen LogP contribution in [0.25, 0.3) is 0 Å². The van der Waals surface area contributed by atoms with Crippen molar-refractivity contribution in [3.8, 4) is 5.75 Å². The lowest BCUT2D eigenvalue weighted by Gasteiger charge is -2.11.